The van der Waals surface area contributed by atoms with Gasteiger partial charge in [0.05, 0.1) is 29.4 Å². The zero-order valence-electron chi connectivity index (χ0n) is 6.97. The first kappa shape index (κ1) is 10.3. The van der Waals surface area contributed by atoms with Crippen LogP contribution in [0, 0.1) is 11.3 Å². The van der Waals surface area contributed by atoms with Gasteiger partial charge < -0.3 is 5.73 Å². The minimum absolute atomic E-state index is 0.0395. The summed E-state index contributed by atoms with van der Waals surface area (Å²) in [5, 5.41) is 8.31. The predicted molar refractivity (Wildman–Crippen MR) is 43.0 cm³/mol. The van der Waals surface area contributed by atoms with Crippen molar-refractivity contribution >= 4 is 5.69 Å². The summed E-state index contributed by atoms with van der Waals surface area (Å²) < 4.78 is 36.8. The smallest absolute Gasteiger partial charge is 0.397 e. The Kier molecular flexibility index (Phi) is 2.60. The fourth-order valence-corrected chi connectivity index (χ4v) is 0.979. The number of aromatic nitrogens is 1. The van der Waals surface area contributed by atoms with E-state index in [9.17, 15) is 13.2 Å². The summed E-state index contributed by atoms with van der Waals surface area (Å²) in [4.78, 5) is 3.59. The van der Waals surface area contributed by atoms with Crippen molar-refractivity contribution in [3.8, 4) is 6.07 Å². The maximum absolute atomic E-state index is 12.3. The molecular formula is C8H6F3N3. The van der Waals surface area contributed by atoms with Crippen LogP contribution in [0.2, 0.25) is 0 Å². The second-order valence-corrected chi connectivity index (χ2v) is 2.55. The molecule has 0 aliphatic heterocycles. The van der Waals surface area contributed by atoms with E-state index >= 15 is 0 Å². The molecule has 0 aliphatic carbocycles. The number of nitriles is 1. The van der Waals surface area contributed by atoms with Crippen LogP contribution in [0.5, 0.6) is 0 Å². The van der Waals surface area contributed by atoms with E-state index in [1.165, 1.54) is 0 Å². The Hall–Kier alpha value is -1.77. The Bertz CT molecular complexity index is 378. The van der Waals surface area contributed by atoms with Crippen LogP contribution in [0.25, 0.3) is 0 Å². The van der Waals surface area contributed by atoms with Gasteiger partial charge in [-0.05, 0) is 6.07 Å². The molecule has 0 bridgehead atoms. The minimum atomic E-state index is -4.50. The highest BCUT2D eigenvalue weighted by molar-refractivity contribution is 5.52. The number of anilines is 1. The van der Waals surface area contributed by atoms with E-state index in [2.05, 4.69) is 4.98 Å². The number of rotatable bonds is 1. The van der Waals surface area contributed by atoms with E-state index in [0.29, 0.717) is 0 Å². The summed E-state index contributed by atoms with van der Waals surface area (Å²) in [7, 11) is 0. The fraction of sp³-hybridized carbons (Fsp3) is 0.250. The van der Waals surface area contributed by atoms with Crippen LogP contribution >= 0.6 is 0 Å². The minimum Gasteiger partial charge on any atom is -0.397 e. The van der Waals surface area contributed by atoms with E-state index < -0.39 is 17.4 Å². The van der Waals surface area contributed by atoms with Crippen molar-refractivity contribution in [3.05, 3.63) is 23.5 Å². The average Bonchev–Trinajstić information content (AvgIpc) is 2.07. The summed E-state index contributed by atoms with van der Waals surface area (Å²) in [6, 6.07) is 2.48. The van der Waals surface area contributed by atoms with Crippen LogP contribution < -0.4 is 5.73 Å². The molecule has 6 heteroatoms. The Morgan fingerprint density at radius 2 is 2.14 bits per heavy atom. The molecule has 0 aliphatic rings. The van der Waals surface area contributed by atoms with Gasteiger partial charge in [0.25, 0.3) is 0 Å². The number of hydrogen-bond acceptors (Lipinski definition) is 3. The second kappa shape index (κ2) is 3.54. The zero-order valence-corrected chi connectivity index (χ0v) is 6.97. The highest BCUT2D eigenvalue weighted by Crippen LogP contribution is 2.34. The van der Waals surface area contributed by atoms with Gasteiger partial charge >= 0.3 is 6.18 Å². The summed E-state index contributed by atoms with van der Waals surface area (Å²) in [6.45, 7) is 0. The molecule has 0 unspecified atom stereocenters. The van der Waals surface area contributed by atoms with Crippen molar-refractivity contribution in [3.63, 3.8) is 0 Å². The van der Waals surface area contributed by atoms with Crippen LogP contribution in [-0.2, 0) is 12.6 Å². The number of hydrogen-bond donors (Lipinski definition) is 1. The molecule has 0 saturated heterocycles. The number of nitrogens with two attached hydrogens (primary N) is 1. The van der Waals surface area contributed by atoms with Crippen LogP contribution in [0.4, 0.5) is 18.9 Å². The molecule has 1 aromatic rings. The standard InChI is InChI=1S/C8H6F3N3/c9-8(10,11)5-2-4-14-6(1-3-12)7(5)13/h2,4H,1,13H2. The Morgan fingerprint density at radius 1 is 1.50 bits per heavy atom. The lowest BCUT2D eigenvalue weighted by Crippen LogP contribution is -2.11. The number of nitrogen functional groups attached to an aromatic ring is 1. The summed E-state index contributed by atoms with van der Waals surface area (Å²) in [5.41, 5.74) is 3.77. The molecule has 0 atom stereocenters. The fourth-order valence-electron chi connectivity index (χ4n) is 0.979. The van der Waals surface area contributed by atoms with E-state index in [4.69, 9.17) is 11.0 Å². The van der Waals surface area contributed by atoms with E-state index in [1.54, 1.807) is 6.07 Å². The number of alkyl halides is 3. The monoisotopic (exact) mass is 201 g/mol. The molecule has 0 aromatic carbocycles. The molecule has 2 N–H and O–H groups in total. The van der Waals surface area contributed by atoms with Gasteiger partial charge in [0, 0.05) is 6.20 Å². The Morgan fingerprint density at radius 3 is 2.64 bits per heavy atom. The van der Waals surface area contributed by atoms with Crippen LogP contribution in [0.3, 0.4) is 0 Å². The lowest BCUT2D eigenvalue weighted by Gasteiger charge is -2.10. The normalized spacial score (nSPS) is 11.0. The third-order valence-corrected chi connectivity index (χ3v) is 1.62. The molecule has 74 valence electrons. The Balaban J connectivity index is 3.22. The molecule has 1 aromatic heterocycles. The van der Waals surface area contributed by atoms with Gasteiger partial charge in [0.1, 0.15) is 0 Å². The highest BCUT2D eigenvalue weighted by atomic mass is 19.4. The van der Waals surface area contributed by atoms with E-state index in [1.807, 2.05) is 0 Å². The quantitative estimate of drug-likeness (QED) is 0.752. The number of halogens is 3. The van der Waals surface area contributed by atoms with Gasteiger partial charge in [0.15, 0.2) is 0 Å². The van der Waals surface area contributed by atoms with Crippen LogP contribution in [0.15, 0.2) is 12.3 Å². The van der Waals surface area contributed by atoms with Crippen LogP contribution in [0.1, 0.15) is 11.3 Å². The highest BCUT2D eigenvalue weighted by Gasteiger charge is 2.33. The van der Waals surface area contributed by atoms with Gasteiger partial charge in [-0.15, -0.1) is 0 Å². The lowest BCUT2D eigenvalue weighted by atomic mass is 10.1. The maximum atomic E-state index is 12.3. The Labute approximate surface area is 78.0 Å². The molecule has 3 nitrogen and oxygen atoms in total. The summed E-state index contributed by atoms with van der Waals surface area (Å²) >= 11 is 0. The van der Waals surface area contributed by atoms with Gasteiger partial charge in [-0.2, -0.15) is 18.4 Å². The SMILES string of the molecule is N#CCc1nccc(C(F)(F)F)c1N. The van der Waals surface area contributed by atoms with Crippen molar-refractivity contribution in [2.24, 2.45) is 0 Å². The van der Waals surface area contributed by atoms with Crippen LogP contribution in [-0.4, -0.2) is 4.98 Å². The average molecular weight is 201 g/mol. The topological polar surface area (TPSA) is 62.7 Å². The molecule has 0 spiro atoms. The first-order valence-electron chi connectivity index (χ1n) is 3.64. The number of pyridine rings is 1. The zero-order chi connectivity index (χ0) is 10.8. The first-order chi connectivity index (χ1) is 6.46. The third-order valence-electron chi connectivity index (χ3n) is 1.62. The summed E-state index contributed by atoms with van der Waals surface area (Å²) in [5.74, 6) is 0. The van der Waals surface area contributed by atoms with Gasteiger partial charge in [-0.25, -0.2) is 0 Å². The van der Waals surface area contributed by atoms with Crippen molar-refractivity contribution < 1.29 is 13.2 Å². The predicted octanol–water partition coefficient (Wildman–Crippen LogP) is 1.75. The molecule has 14 heavy (non-hydrogen) atoms. The molecule has 0 fully saturated rings. The van der Waals surface area contributed by atoms with Crippen molar-refractivity contribution in [2.45, 2.75) is 12.6 Å². The largest absolute Gasteiger partial charge is 0.418 e. The third kappa shape index (κ3) is 1.93. The van der Waals surface area contributed by atoms with Gasteiger partial charge in [0.2, 0.25) is 0 Å². The molecule has 1 rings (SSSR count). The molecular weight excluding hydrogens is 195 g/mol. The van der Waals surface area contributed by atoms with Crippen molar-refractivity contribution in [2.75, 3.05) is 5.73 Å². The van der Waals surface area contributed by atoms with E-state index in [0.717, 1.165) is 12.3 Å². The first-order valence-corrected chi connectivity index (χ1v) is 3.64. The van der Waals surface area contributed by atoms with Crippen molar-refractivity contribution in [1.82, 2.24) is 4.98 Å². The molecule has 0 radical (unpaired) electrons. The van der Waals surface area contributed by atoms with E-state index in [-0.39, 0.29) is 12.1 Å². The summed E-state index contributed by atoms with van der Waals surface area (Å²) in [6.07, 6.45) is -3.74. The van der Waals surface area contributed by atoms with Gasteiger partial charge in [-0.3, -0.25) is 4.98 Å². The second-order valence-electron chi connectivity index (χ2n) is 2.55. The lowest BCUT2D eigenvalue weighted by molar-refractivity contribution is -0.137. The maximum Gasteiger partial charge on any atom is 0.418 e. The van der Waals surface area contributed by atoms with Crippen molar-refractivity contribution in [1.29, 1.82) is 5.26 Å². The molecule has 0 saturated carbocycles. The molecule has 0 amide bonds. The molecule has 1 heterocycles. The van der Waals surface area contributed by atoms with Gasteiger partial charge in [-0.1, -0.05) is 0 Å². The number of nitrogens with zero attached hydrogens (tertiary/aromatic N) is 2.